The van der Waals surface area contributed by atoms with Gasteiger partial charge >= 0.3 is 0 Å². The fourth-order valence-corrected chi connectivity index (χ4v) is 2.79. The Hall–Kier alpha value is -2.40. The molecule has 0 atom stereocenters. The van der Waals surface area contributed by atoms with E-state index in [1.807, 2.05) is 25.1 Å². The molecule has 1 amide bonds. The van der Waals surface area contributed by atoms with Crippen LogP contribution in [-0.2, 0) is 0 Å². The van der Waals surface area contributed by atoms with E-state index in [0.717, 1.165) is 21.5 Å². The van der Waals surface area contributed by atoms with E-state index >= 15 is 0 Å². The summed E-state index contributed by atoms with van der Waals surface area (Å²) in [5.41, 5.74) is 11.3. The summed E-state index contributed by atoms with van der Waals surface area (Å²) in [5, 5.41) is 2.90. The molecule has 0 unspecified atom stereocenters. The lowest BCUT2D eigenvalue weighted by Crippen LogP contribution is -2.13. The first-order chi connectivity index (χ1) is 9.63. The minimum Gasteiger partial charge on any atom is -0.399 e. The standard InChI is InChI=1S/C15H13N3OS/c1-9-6-10(16)2-4-12(9)15(19)18-11-3-5-13-14(7-11)20-8-17-13/h2-8H,16H2,1H3,(H,18,19). The van der Waals surface area contributed by atoms with Crippen LogP contribution in [0.4, 0.5) is 11.4 Å². The van der Waals surface area contributed by atoms with E-state index in [2.05, 4.69) is 10.3 Å². The summed E-state index contributed by atoms with van der Waals surface area (Å²) in [6.45, 7) is 1.87. The molecule has 20 heavy (non-hydrogen) atoms. The molecule has 0 spiro atoms. The zero-order valence-corrected chi connectivity index (χ0v) is 11.7. The average Bonchev–Trinajstić information content (AvgIpc) is 2.85. The van der Waals surface area contributed by atoms with Crippen LogP contribution in [0.25, 0.3) is 10.2 Å². The lowest BCUT2D eigenvalue weighted by Gasteiger charge is -2.08. The number of aromatic nitrogens is 1. The van der Waals surface area contributed by atoms with Crippen molar-refractivity contribution in [2.45, 2.75) is 6.92 Å². The molecule has 5 heteroatoms. The van der Waals surface area contributed by atoms with Gasteiger partial charge in [0.1, 0.15) is 0 Å². The Labute approximate surface area is 120 Å². The second-order valence-electron chi connectivity index (χ2n) is 4.56. The van der Waals surface area contributed by atoms with E-state index in [0.29, 0.717) is 11.3 Å². The third-order valence-corrected chi connectivity index (χ3v) is 3.88. The molecule has 1 aromatic heterocycles. The second-order valence-corrected chi connectivity index (χ2v) is 5.45. The molecule has 0 saturated heterocycles. The molecule has 0 aliphatic heterocycles. The lowest BCUT2D eigenvalue weighted by molar-refractivity contribution is 0.102. The normalized spacial score (nSPS) is 10.7. The number of nitrogens with two attached hydrogens (primary N) is 1. The quantitative estimate of drug-likeness (QED) is 0.708. The van der Waals surface area contributed by atoms with Crippen LogP contribution in [0.5, 0.6) is 0 Å². The van der Waals surface area contributed by atoms with Gasteiger partial charge in [0, 0.05) is 16.9 Å². The number of benzene rings is 2. The lowest BCUT2D eigenvalue weighted by atomic mass is 10.1. The Morgan fingerprint density at radius 3 is 2.90 bits per heavy atom. The van der Waals surface area contributed by atoms with Crippen molar-refractivity contribution in [2.75, 3.05) is 11.1 Å². The molecule has 3 N–H and O–H groups in total. The number of thiazole rings is 1. The maximum absolute atomic E-state index is 12.3. The zero-order valence-electron chi connectivity index (χ0n) is 10.9. The maximum atomic E-state index is 12.3. The molecule has 0 aliphatic carbocycles. The van der Waals surface area contributed by atoms with Crippen molar-refractivity contribution >= 4 is 38.8 Å². The Balaban J connectivity index is 1.87. The Bertz CT molecular complexity index is 795. The zero-order chi connectivity index (χ0) is 14.1. The van der Waals surface area contributed by atoms with Gasteiger partial charge in [-0.3, -0.25) is 4.79 Å². The van der Waals surface area contributed by atoms with Crippen molar-refractivity contribution in [1.29, 1.82) is 0 Å². The number of hydrogen-bond acceptors (Lipinski definition) is 4. The summed E-state index contributed by atoms with van der Waals surface area (Å²) in [6, 6.07) is 10.9. The molecular weight excluding hydrogens is 270 g/mol. The Morgan fingerprint density at radius 1 is 1.25 bits per heavy atom. The summed E-state index contributed by atoms with van der Waals surface area (Å²) >= 11 is 1.55. The van der Waals surface area contributed by atoms with Gasteiger partial charge < -0.3 is 11.1 Å². The fraction of sp³-hybridized carbons (Fsp3) is 0.0667. The molecule has 100 valence electrons. The molecule has 3 aromatic rings. The topological polar surface area (TPSA) is 68.0 Å². The third-order valence-electron chi connectivity index (χ3n) is 3.08. The number of amides is 1. The predicted octanol–water partition coefficient (Wildman–Crippen LogP) is 3.44. The van der Waals surface area contributed by atoms with Gasteiger partial charge in [-0.1, -0.05) is 0 Å². The highest BCUT2D eigenvalue weighted by Crippen LogP contribution is 2.22. The fourth-order valence-electron chi connectivity index (χ4n) is 2.07. The number of carbonyl (C=O) groups is 1. The first-order valence-electron chi connectivity index (χ1n) is 6.14. The van der Waals surface area contributed by atoms with Gasteiger partial charge in [-0.25, -0.2) is 4.98 Å². The van der Waals surface area contributed by atoms with E-state index < -0.39 is 0 Å². The molecule has 0 aliphatic rings. The first kappa shape index (κ1) is 12.6. The molecule has 0 radical (unpaired) electrons. The molecule has 1 heterocycles. The molecule has 2 aromatic carbocycles. The van der Waals surface area contributed by atoms with Crippen LogP contribution < -0.4 is 11.1 Å². The molecule has 4 nitrogen and oxygen atoms in total. The van der Waals surface area contributed by atoms with Gasteiger partial charge in [-0.05, 0) is 48.9 Å². The van der Waals surface area contributed by atoms with E-state index in [1.54, 1.807) is 35.0 Å². The van der Waals surface area contributed by atoms with Gasteiger partial charge in [0.05, 0.1) is 15.7 Å². The van der Waals surface area contributed by atoms with Gasteiger partial charge in [0.2, 0.25) is 0 Å². The average molecular weight is 283 g/mol. The van der Waals surface area contributed by atoms with E-state index in [9.17, 15) is 4.79 Å². The number of fused-ring (bicyclic) bond motifs is 1. The Morgan fingerprint density at radius 2 is 2.10 bits per heavy atom. The number of nitrogen functional groups attached to an aromatic ring is 1. The van der Waals surface area contributed by atoms with Crippen molar-refractivity contribution in [3.63, 3.8) is 0 Å². The van der Waals surface area contributed by atoms with Crippen molar-refractivity contribution in [3.8, 4) is 0 Å². The van der Waals surface area contributed by atoms with Gasteiger partial charge in [0.15, 0.2) is 0 Å². The van der Waals surface area contributed by atoms with Crippen LogP contribution in [0.3, 0.4) is 0 Å². The third kappa shape index (κ3) is 2.35. The summed E-state index contributed by atoms with van der Waals surface area (Å²) in [4.78, 5) is 16.5. The van der Waals surface area contributed by atoms with Crippen LogP contribution in [0.2, 0.25) is 0 Å². The van der Waals surface area contributed by atoms with Crippen LogP contribution in [0, 0.1) is 6.92 Å². The smallest absolute Gasteiger partial charge is 0.255 e. The van der Waals surface area contributed by atoms with E-state index in [-0.39, 0.29) is 5.91 Å². The number of anilines is 2. The predicted molar refractivity (Wildman–Crippen MR) is 83.2 cm³/mol. The number of hydrogen-bond donors (Lipinski definition) is 2. The SMILES string of the molecule is Cc1cc(N)ccc1C(=O)Nc1ccc2ncsc2c1. The minimum atomic E-state index is -0.133. The number of nitrogens with one attached hydrogen (secondary N) is 1. The number of carbonyl (C=O) groups excluding carboxylic acids is 1. The molecule has 0 fully saturated rings. The highest BCUT2D eigenvalue weighted by atomic mass is 32.1. The maximum Gasteiger partial charge on any atom is 0.255 e. The van der Waals surface area contributed by atoms with Crippen LogP contribution >= 0.6 is 11.3 Å². The monoisotopic (exact) mass is 283 g/mol. The summed E-state index contributed by atoms with van der Waals surface area (Å²) < 4.78 is 1.05. The van der Waals surface area contributed by atoms with Crippen LogP contribution in [-0.4, -0.2) is 10.9 Å². The Kier molecular flexibility index (Phi) is 3.12. The van der Waals surface area contributed by atoms with Gasteiger partial charge in [-0.15, -0.1) is 11.3 Å². The van der Waals surface area contributed by atoms with Crippen molar-refractivity contribution < 1.29 is 4.79 Å². The highest BCUT2D eigenvalue weighted by molar-refractivity contribution is 7.16. The molecule has 0 saturated carbocycles. The summed E-state index contributed by atoms with van der Waals surface area (Å²) in [7, 11) is 0. The number of nitrogens with zero attached hydrogens (tertiary/aromatic N) is 1. The molecule has 0 bridgehead atoms. The second kappa shape index (κ2) is 4.94. The van der Waals surface area contributed by atoms with Crippen molar-refractivity contribution in [1.82, 2.24) is 4.98 Å². The van der Waals surface area contributed by atoms with E-state index in [1.165, 1.54) is 0 Å². The van der Waals surface area contributed by atoms with Crippen LogP contribution in [0.1, 0.15) is 15.9 Å². The highest BCUT2D eigenvalue weighted by Gasteiger charge is 2.10. The summed E-state index contributed by atoms with van der Waals surface area (Å²) in [6.07, 6.45) is 0. The summed E-state index contributed by atoms with van der Waals surface area (Å²) in [5.74, 6) is -0.133. The molecule has 3 rings (SSSR count). The van der Waals surface area contributed by atoms with Crippen molar-refractivity contribution in [2.24, 2.45) is 0 Å². The number of rotatable bonds is 2. The van der Waals surface area contributed by atoms with Crippen molar-refractivity contribution in [3.05, 3.63) is 53.0 Å². The minimum absolute atomic E-state index is 0.133. The van der Waals surface area contributed by atoms with Crippen LogP contribution in [0.15, 0.2) is 41.9 Å². The van der Waals surface area contributed by atoms with Gasteiger partial charge in [0.25, 0.3) is 5.91 Å². The van der Waals surface area contributed by atoms with Gasteiger partial charge in [-0.2, -0.15) is 0 Å². The van der Waals surface area contributed by atoms with E-state index in [4.69, 9.17) is 5.73 Å². The molecular formula is C15H13N3OS. The largest absolute Gasteiger partial charge is 0.399 e. The number of aryl methyl sites for hydroxylation is 1. The first-order valence-corrected chi connectivity index (χ1v) is 7.02.